The summed E-state index contributed by atoms with van der Waals surface area (Å²) in [4.78, 5) is 0. The van der Waals surface area contributed by atoms with Crippen molar-refractivity contribution < 1.29 is 4.74 Å². The van der Waals surface area contributed by atoms with E-state index in [0.29, 0.717) is 12.5 Å². The summed E-state index contributed by atoms with van der Waals surface area (Å²) in [7, 11) is 0. The molecule has 10 heavy (non-hydrogen) atoms. The van der Waals surface area contributed by atoms with Gasteiger partial charge in [0.05, 0.1) is 12.5 Å². The maximum atomic E-state index is 5.69. The number of ether oxygens (including phenoxy) is 1. The number of hydrogen-bond acceptors (Lipinski definition) is 2. The normalized spacial score (nSPS) is 13.0. The zero-order valence-corrected chi connectivity index (χ0v) is 7.75. The molecule has 0 fully saturated rings. The van der Waals surface area contributed by atoms with Crippen molar-refractivity contribution in [3.63, 3.8) is 0 Å². The number of thioether (sulfide) groups is 1. The fourth-order valence-corrected chi connectivity index (χ4v) is 1.30. The Labute approximate surface area is 71.8 Å². The van der Waals surface area contributed by atoms with Crippen LogP contribution in [0.5, 0.6) is 0 Å². The average Bonchev–Trinajstić information content (AvgIpc) is 1.87. The van der Waals surface area contributed by atoms with Crippen LogP contribution in [0.2, 0.25) is 0 Å². The second-order valence-electron chi connectivity index (χ2n) is 1.93. The van der Waals surface area contributed by atoms with E-state index in [9.17, 15) is 0 Å². The van der Waals surface area contributed by atoms with Gasteiger partial charge in [0.15, 0.2) is 0 Å². The van der Waals surface area contributed by atoms with Gasteiger partial charge >= 0.3 is 0 Å². The first-order valence-electron chi connectivity index (χ1n) is 3.18. The maximum absolute atomic E-state index is 5.69. The summed E-state index contributed by atoms with van der Waals surface area (Å²) in [6.07, 6.45) is 1.74. The molecule has 0 unspecified atom stereocenters. The first-order valence-corrected chi connectivity index (χ1v) is 4.77. The third-order valence-electron chi connectivity index (χ3n) is 0.750. The summed E-state index contributed by atoms with van der Waals surface area (Å²) in [5.74, 6) is 1.65. The predicted octanol–water partition coefficient (Wildman–Crippen LogP) is 2.51. The van der Waals surface area contributed by atoms with Gasteiger partial charge in [0.25, 0.3) is 0 Å². The predicted molar refractivity (Wildman–Crippen MR) is 48.8 cm³/mol. The van der Waals surface area contributed by atoms with Gasteiger partial charge in [-0.25, -0.2) is 0 Å². The van der Waals surface area contributed by atoms with Gasteiger partial charge in [-0.05, 0) is 6.92 Å². The molecule has 0 aromatic rings. The van der Waals surface area contributed by atoms with Crippen molar-refractivity contribution in [1.29, 1.82) is 0 Å². The molecule has 0 bridgehead atoms. The molecule has 60 valence electrons. The van der Waals surface area contributed by atoms with E-state index in [0.717, 1.165) is 5.75 Å². The molecule has 0 spiro atoms. The second kappa shape index (κ2) is 7.45. The van der Waals surface area contributed by atoms with Crippen LogP contribution >= 0.6 is 23.4 Å². The number of rotatable bonds is 6. The number of halogens is 1. The third-order valence-corrected chi connectivity index (χ3v) is 2.16. The Kier molecular flexibility index (Phi) is 7.70. The highest BCUT2D eigenvalue weighted by atomic mass is 35.5. The topological polar surface area (TPSA) is 9.23 Å². The Morgan fingerprint density at radius 3 is 3.00 bits per heavy atom. The molecule has 1 atom stereocenters. The van der Waals surface area contributed by atoms with Crippen LogP contribution in [0.15, 0.2) is 12.7 Å². The van der Waals surface area contributed by atoms with Crippen molar-refractivity contribution in [3.8, 4) is 0 Å². The Morgan fingerprint density at radius 1 is 1.80 bits per heavy atom. The lowest BCUT2D eigenvalue weighted by atomic mass is 10.6. The minimum atomic E-state index is 0.234. The van der Waals surface area contributed by atoms with Gasteiger partial charge in [-0.15, -0.1) is 29.9 Å². The van der Waals surface area contributed by atoms with Gasteiger partial charge in [-0.1, -0.05) is 6.08 Å². The molecule has 0 aliphatic heterocycles. The van der Waals surface area contributed by atoms with Crippen molar-refractivity contribution in [3.05, 3.63) is 12.7 Å². The van der Waals surface area contributed by atoms with Crippen LogP contribution in [0.1, 0.15) is 6.92 Å². The van der Waals surface area contributed by atoms with Gasteiger partial charge in [-0.3, -0.25) is 0 Å². The van der Waals surface area contributed by atoms with Gasteiger partial charge in [0.1, 0.15) is 0 Å². The van der Waals surface area contributed by atoms with E-state index < -0.39 is 0 Å². The molecule has 3 heteroatoms. The second-order valence-corrected chi connectivity index (χ2v) is 3.65. The Hall–Kier alpha value is 0.340. The van der Waals surface area contributed by atoms with Crippen LogP contribution in [0.4, 0.5) is 0 Å². The van der Waals surface area contributed by atoms with Gasteiger partial charge in [0, 0.05) is 11.1 Å². The molecule has 0 aromatic carbocycles. The zero-order valence-electron chi connectivity index (χ0n) is 6.18. The van der Waals surface area contributed by atoms with Crippen LogP contribution in [-0.4, -0.2) is 23.7 Å². The monoisotopic (exact) mass is 180 g/mol. The molecular weight excluding hydrogens is 168 g/mol. The van der Waals surface area contributed by atoms with Gasteiger partial charge < -0.3 is 4.74 Å². The summed E-state index contributed by atoms with van der Waals surface area (Å²) in [6, 6.07) is 0. The molecule has 0 saturated heterocycles. The maximum Gasteiger partial charge on any atom is 0.0925 e. The van der Waals surface area contributed by atoms with Crippen LogP contribution in [0.3, 0.4) is 0 Å². The molecule has 0 rings (SSSR count). The van der Waals surface area contributed by atoms with Crippen LogP contribution in [0.25, 0.3) is 0 Å². The summed E-state index contributed by atoms with van der Waals surface area (Å²) in [5.41, 5.74) is 0. The Morgan fingerprint density at radius 2 is 2.50 bits per heavy atom. The lowest BCUT2D eigenvalue weighted by molar-refractivity contribution is 0.217. The molecule has 0 radical (unpaired) electrons. The first-order chi connectivity index (χ1) is 4.77. The summed E-state index contributed by atoms with van der Waals surface area (Å²) in [5, 5.41) is 0.234. The number of hydrogen-bond donors (Lipinski definition) is 0. The molecule has 0 aliphatic rings. The average molecular weight is 181 g/mol. The molecule has 0 amide bonds. The standard InChI is InChI=1S/C7H13ClOS/c1-3-4-9-6-10-5-7(2)8/h3,7H,1,4-6H2,2H3/t7-/m0/s1. The van der Waals surface area contributed by atoms with Crippen molar-refractivity contribution >= 4 is 23.4 Å². The van der Waals surface area contributed by atoms with E-state index in [1.165, 1.54) is 0 Å². The minimum absolute atomic E-state index is 0.234. The van der Waals surface area contributed by atoms with E-state index in [1.54, 1.807) is 17.8 Å². The van der Waals surface area contributed by atoms with Crippen molar-refractivity contribution in [1.82, 2.24) is 0 Å². The van der Waals surface area contributed by atoms with Gasteiger partial charge in [-0.2, -0.15) is 0 Å². The quantitative estimate of drug-likeness (QED) is 0.269. The van der Waals surface area contributed by atoms with Crippen molar-refractivity contribution in [2.75, 3.05) is 18.3 Å². The van der Waals surface area contributed by atoms with Crippen molar-refractivity contribution in [2.24, 2.45) is 0 Å². The lowest BCUT2D eigenvalue weighted by Gasteiger charge is -2.01. The molecular formula is C7H13ClOS. The van der Waals surface area contributed by atoms with E-state index in [4.69, 9.17) is 16.3 Å². The SMILES string of the molecule is C=CCOCSC[C@H](C)Cl. The molecule has 0 saturated carbocycles. The van der Waals surface area contributed by atoms with Gasteiger partial charge in [0.2, 0.25) is 0 Å². The van der Waals surface area contributed by atoms with E-state index in [-0.39, 0.29) is 5.38 Å². The molecule has 0 aliphatic carbocycles. The molecule has 0 aromatic heterocycles. The van der Waals surface area contributed by atoms with Crippen LogP contribution < -0.4 is 0 Å². The third kappa shape index (κ3) is 8.34. The smallest absolute Gasteiger partial charge is 0.0925 e. The Balaban J connectivity index is 2.83. The first kappa shape index (κ1) is 10.3. The van der Waals surface area contributed by atoms with E-state index in [2.05, 4.69) is 6.58 Å². The lowest BCUT2D eigenvalue weighted by Crippen LogP contribution is -1.97. The number of alkyl halides is 1. The van der Waals surface area contributed by atoms with Crippen LogP contribution in [0, 0.1) is 0 Å². The summed E-state index contributed by atoms with van der Waals surface area (Å²) in [6.45, 7) is 6.14. The molecule has 1 nitrogen and oxygen atoms in total. The van der Waals surface area contributed by atoms with E-state index in [1.807, 2.05) is 6.92 Å². The van der Waals surface area contributed by atoms with E-state index >= 15 is 0 Å². The highest BCUT2D eigenvalue weighted by molar-refractivity contribution is 7.99. The fourth-order valence-electron chi connectivity index (χ4n) is 0.401. The fraction of sp³-hybridized carbons (Fsp3) is 0.714. The molecule has 0 N–H and O–H groups in total. The zero-order chi connectivity index (χ0) is 7.82. The molecule has 0 heterocycles. The Bertz CT molecular complexity index is 85.7. The largest absolute Gasteiger partial charge is 0.367 e. The summed E-state index contributed by atoms with van der Waals surface area (Å²) < 4.78 is 5.12. The summed E-state index contributed by atoms with van der Waals surface area (Å²) >= 11 is 7.39. The highest BCUT2D eigenvalue weighted by Gasteiger charge is 1.94. The highest BCUT2D eigenvalue weighted by Crippen LogP contribution is 2.06. The van der Waals surface area contributed by atoms with Crippen LogP contribution in [-0.2, 0) is 4.74 Å². The minimum Gasteiger partial charge on any atom is -0.367 e. The van der Waals surface area contributed by atoms with Crippen molar-refractivity contribution in [2.45, 2.75) is 12.3 Å².